The highest BCUT2D eigenvalue weighted by molar-refractivity contribution is 8.00. The van der Waals surface area contributed by atoms with Crippen LogP contribution in [0.25, 0.3) is 11.1 Å². The number of aryl methyl sites for hydroxylation is 2. The zero-order valence-electron chi connectivity index (χ0n) is 18.5. The maximum atomic E-state index is 13.3. The molecule has 2 aromatic carbocycles. The number of nitrogens with zero attached hydrogens (tertiary/aromatic N) is 2. The van der Waals surface area contributed by atoms with Crippen molar-refractivity contribution in [3.8, 4) is 0 Å². The van der Waals surface area contributed by atoms with E-state index in [4.69, 9.17) is 16.0 Å². The highest BCUT2D eigenvalue weighted by Gasteiger charge is 2.22. The minimum atomic E-state index is -0.631. The molecule has 0 aliphatic rings. The minimum Gasteiger partial charge on any atom is -0.443 e. The Bertz CT molecular complexity index is 1390. The third kappa shape index (κ3) is 5.05. The number of nitrogens with one attached hydrogen (secondary N) is 2. The topological polar surface area (TPSA) is 97.1 Å². The van der Waals surface area contributed by atoms with Crippen LogP contribution >= 0.6 is 23.4 Å². The molecule has 34 heavy (non-hydrogen) atoms. The summed E-state index contributed by atoms with van der Waals surface area (Å²) in [5.41, 5.74) is 1.90. The maximum Gasteiger partial charge on any atom is 0.256 e. The van der Waals surface area contributed by atoms with Crippen molar-refractivity contribution in [1.29, 1.82) is 0 Å². The van der Waals surface area contributed by atoms with E-state index in [9.17, 15) is 14.0 Å². The van der Waals surface area contributed by atoms with Gasteiger partial charge in [-0.05, 0) is 51.1 Å². The van der Waals surface area contributed by atoms with E-state index in [1.807, 2.05) is 13.0 Å². The maximum absolute atomic E-state index is 13.3. The van der Waals surface area contributed by atoms with E-state index in [0.29, 0.717) is 33.9 Å². The Morgan fingerprint density at radius 2 is 1.82 bits per heavy atom. The molecule has 4 rings (SSSR count). The molecule has 0 aliphatic heterocycles. The Kier molecular flexibility index (Phi) is 6.85. The minimum absolute atomic E-state index is 0.0932. The van der Waals surface area contributed by atoms with Crippen LogP contribution < -0.4 is 10.6 Å². The van der Waals surface area contributed by atoms with Crippen LogP contribution in [-0.4, -0.2) is 27.0 Å². The fourth-order valence-corrected chi connectivity index (χ4v) is 4.16. The van der Waals surface area contributed by atoms with E-state index in [1.165, 1.54) is 12.1 Å². The van der Waals surface area contributed by atoms with Crippen LogP contribution in [-0.2, 0) is 4.79 Å². The predicted octanol–water partition coefficient (Wildman–Crippen LogP) is 6.00. The van der Waals surface area contributed by atoms with Crippen LogP contribution in [0.15, 0.2) is 58.1 Å². The van der Waals surface area contributed by atoms with E-state index in [1.54, 1.807) is 38.1 Å². The van der Waals surface area contributed by atoms with E-state index in [0.717, 1.165) is 23.4 Å². The lowest BCUT2D eigenvalue weighted by molar-refractivity contribution is -0.115. The first-order chi connectivity index (χ1) is 16.2. The van der Waals surface area contributed by atoms with Crippen molar-refractivity contribution in [3.63, 3.8) is 0 Å². The Morgan fingerprint density at radius 3 is 2.53 bits per heavy atom. The number of benzene rings is 2. The number of carbonyl (C=O) groups excluding carboxylic acids is 2. The summed E-state index contributed by atoms with van der Waals surface area (Å²) in [4.78, 5) is 34.4. The van der Waals surface area contributed by atoms with Gasteiger partial charge >= 0.3 is 0 Å². The Hall–Kier alpha value is -3.43. The van der Waals surface area contributed by atoms with Gasteiger partial charge in [0.1, 0.15) is 17.4 Å². The zero-order valence-corrected chi connectivity index (χ0v) is 20.1. The molecule has 1 atom stereocenters. The first kappa shape index (κ1) is 23.7. The summed E-state index contributed by atoms with van der Waals surface area (Å²) in [6, 6.07) is 12.5. The van der Waals surface area contributed by atoms with Crippen molar-refractivity contribution in [2.45, 2.75) is 31.2 Å². The molecule has 2 N–H and O–H groups in total. The SMILES string of the molecule is Cc1oc2nc(SC(C)C(=O)Nc3ccc(F)cc3Cl)nc(NC(=O)c3ccccc3)c2c1C. The van der Waals surface area contributed by atoms with Gasteiger partial charge in [-0.2, -0.15) is 4.98 Å². The van der Waals surface area contributed by atoms with E-state index in [-0.39, 0.29) is 22.0 Å². The molecule has 7 nitrogen and oxygen atoms in total. The van der Waals surface area contributed by atoms with Crippen LogP contribution in [0.1, 0.15) is 28.6 Å². The van der Waals surface area contributed by atoms with Gasteiger partial charge in [0.05, 0.1) is 21.3 Å². The molecule has 0 radical (unpaired) electrons. The number of carbonyl (C=O) groups is 2. The summed E-state index contributed by atoms with van der Waals surface area (Å²) in [6.07, 6.45) is 0. The van der Waals surface area contributed by atoms with Crippen LogP contribution in [0.5, 0.6) is 0 Å². The third-order valence-electron chi connectivity index (χ3n) is 5.12. The van der Waals surface area contributed by atoms with Gasteiger partial charge in [0.15, 0.2) is 5.16 Å². The Morgan fingerprint density at radius 1 is 1.09 bits per heavy atom. The van der Waals surface area contributed by atoms with Crippen molar-refractivity contribution < 1.29 is 18.4 Å². The standard InChI is InChI=1S/C24H20ClFN4O3S/c1-12-13(2)33-23-19(12)20(28-22(32)15-7-5-4-6-8-15)29-24(30-23)34-14(3)21(31)27-18-10-9-16(26)11-17(18)25/h4-11,14H,1-3H3,(H,27,31)(H,28,29,30,32). The van der Waals surface area contributed by atoms with Crippen LogP contribution in [0.4, 0.5) is 15.9 Å². The van der Waals surface area contributed by atoms with E-state index < -0.39 is 11.1 Å². The largest absolute Gasteiger partial charge is 0.443 e. The number of thioether (sulfide) groups is 1. The molecule has 2 amide bonds. The van der Waals surface area contributed by atoms with Gasteiger partial charge in [-0.3, -0.25) is 9.59 Å². The molecule has 0 fully saturated rings. The lowest BCUT2D eigenvalue weighted by atomic mass is 10.2. The molecule has 1 unspecified atom stereocenters. The normalized spacial score (nSPS) is 11.9. The van der Waals surface area contributed by atoms with Crippen molar-refractivity contribution in [1.82, 2.24) is 9.97 Å². The monoisotopic (exact) mass is 498 g/mol. The molecule has 0 saturated carbocycles. The number of amides is 2. The van der Waals surface area contributed by atoms with Crippen LogP contribution in [0.3, 0.4) is 0 Å². The molecule has 2 heterocycles. The number of rotatable bonds is 6. The average Bonchev–Trinajstić information content (AvgIpc) is 3.09. The van der Waals surface area contributed by atoms with Crippen LogP contribution in [0.2, 0.25) is 5.02 Å². The Balaban J connectivity index is 1.60. The van der Waals surface area contributed by atoms with Gasteiger partial charge < -0.3 is 15.1 Å². The third-order valence-corrected chi connectivity index (χ3v) is 6.39. The number of anilines is 2. The first-order valence-electron chi connectivity index (χ1n) is 10.3. The van der Waals surface area contributed by atoms with Crippen molar-refractivity contribution in [3.05, 3.63) is 76.3 Å². The van der Waals surface area contributed by atoms with Gasteiger partial charge in [-0.25, -0.2) is 9.37 Å². The number of halogens is 2. The molecule has 2 aromatic heterocycles. The van der Waals surface area contributed by atoms with Crippen molar-refractivity contribution in [2.75, 3.05) is 10.6 Å². The molecule has 174 valence electrons. The quantitative estimate of drug-likeness (QED) is 0.250. The molecular formula is C24H20ClFN4O3S. The fraction of sp³-hybridized carbons (Fsp3) is 0.167. The second-order valence-corrected chi connectivity index (χ2v) is 9.23. The lowest BCUT2D eigenvalue weighted by Gasteiger charge is -2.13. The van der Waals surface area contributed by atoms with Crippen molar-refractivity contribution in [2.24, 2.45) is 0 Å². The van der Waals surface area contributed by atoms with E-state index in [2.05, 4.69) is 20.6 Å². The predicted molar refractivity (Wildman–Crippen MR) is 131 cm³/mol. The number of hydrogen-bond donors (Lipinski definition) is 2. The fourth-order valence-electron chi connectivity index (χ4n) is 3.18. The van der Waals surface area contributed by atoms with Gasteiger partial charge in [-0.15, -0.1) is 0 Å². The van der Waals surface area contributed by atoms with Gasteiger partial charge in [0, 0.05) is 11.1 Å². The zero-order chi connectivity index (χ0) is 24.4. The smallest absolute Gasteiger partial charge is 0.256 e. The summed E-state index contributed by atoms with van der Waals surface area (Å²) in [5.74, 6) is -0.250. The summed E-state index contributed by atoms with van der Waals surface area (Å²) in [5, 5.41) is 5.81. The highest BCUT2D eigenvalue weighted by Crippen LogP contribution is 2.33. The second kappa shape index (κ2) is 9.82. The van der Waals surface area contributed by atoms with Gasteiger partial charge in [-0.1, -0.05) is 41.6 Å². The van der Waals surface area contributed by atoms with Gasteiger partial charge in [0.25, 0.3) is 5.91 Å². The number of hydrogen-bond acceptors (Lipinski definition) is 6. The second-order valence-electron chi connectivity index (χ2n) is 7.51. The molecule has 10 heteroatoms. The summed E-state index contributed by atoms with van der Waals surface area (Å²) in [7, 11) is 0. The number of furan rings is 1. The first-order valence-corrected chi connectivity index (χ1v) is 11.6. The molecule has 4 aromatic rings. The molecule has 0 aliphatic carbocycles. The molecule has 0 bridgehead atoms. The molecule has 0 spiro atoms. The highest BCUT2D eigenvalue weighted by atomic mass is 35.5. The Labute approximate surface area is 204 Å². The number of aromatic nitrogens is 2. The van der Waals surface area contributed by atoms with E-state index >= 15 is 0 Å². The number of fused-ring (bicyclic) bond motifs is 1. The molecular weight excluding hydrogens is 479 g/mol. The van der Waals surface area contributed by atoms with Gasteiger partial charge in [0.2, 0.25) is 11.6 Å². The summed E-state index contributed by atoms with van der Waals surface area (Å²) >= 11 is 7.09. The average molecular weight is 499 g/mol. The van der Waals surface area contributed by atoms with Crippen LogP contribution in [0, 0.1) is 19.7 Å². The summed E-state index contributed by atoms with van der Waals surface area (Å²) < 4.78 is 19.0. The lowest BCUT2D eigenvalue weighted by Crippen LogP contribution is -2.23. The summed E-state index contributed by atoms with van der Waals surface area (Å²) in [6.45, 7) is 5.33. The van der Waals surface area contributed by atoms with Crippen molar-refractivity contribution >= 4 is 57.8 Å². The molecule has 0 saturated heterocycles.